The lowest BCUT2D eigenvalue weighted by molar-refractivity contribution is -0.143. The van der Waals surface area contributed by atoms with Crippen LogP contribution < -0.4 is 14.3 Å². The van der Waals surface area contributed by atoms with Gasteiger partial charge in [-0.2, -0.15) is 4.99 Å². The van der Waals surface area contributed by atoms with E-state index in [4.69, 9.17) is 14.2 Å². The Kier molecular flexibility index (Phi) is 5.08. The third-order valence-electron chi connectivity index (χ3n) is 3.91. The second kappa shape index (κ2) is 7.26. The highest BCUT2D eigenvalue weighted by Gasteiger charge is 2.29. The van der Waals surface area contributed by atoms with Crippen LogP contribution in [0.25, 0.3) is 10.2 Å². The Morgan fingerprint density at radius 1 is 1.24 bits per heavy atom. The lowest BCUT2D eigenvalue weighted by Gasteiger charge is -2.09. The van der Waals surface area contributed by atoms with Gasteiger partial charge >= 0.3 is 5.97 Å². The van der Waals surface area contributed by atoms with Gasteiger partial charge in [0.25, 0.3) is 5.91 Å². The van der Waals surface area contributed by atoms with Gasteiger partial charge in [-0.1, -0.05) is 11.3 Å². The molecule has 134 valence electrons. The summed E-state index contributed by atoms with van der Waals surface area (Å²) in [6.07, 6.45) is 1.76. The fourth-order valence-electron chi connectivity index (χ4n) is 2.49. The summed E-state index contributed by atoms with van der Waals surface area (Å²) in [5, 5.41) is 0. The van der Waals surface area contributed by atoms with Crippen LogP contribution in [0.5, 0.6) is 11.5 Å². The molecule has 8 heteroatoms. The molecule has 1 fully saturated rings. The molecule has 0 saturated heterocycles. The van der Waals surface area contributed by atoms with Crippen molar-refractivity contribution in [2.75, 3.05) is 20.8 Å². The number of rotatable bonds is 6. The molecule has 1 heterocycles. The van der Waals surface area contributed by atoms with Gasteiger partial charge in [0.05, 0.1) is 31.0 Å². The van der Waals surface area contributed by atoms with E-state index in [1.54, 1.807) is 31.8 Å². The van der Waals surface area contributed by atoms with E-state index in [2.05, 4.69) is 4.99 Å². The van der Waals surface area contributed by atoms with Crippen molar-refractivity contribution in [3.05, 3.63) is 16.9 Å². The smallest absolute Gasteiger partial charge is 0.326 e. The lowest BCUT2D eigenvalue weighted by atomic mass is 10.3. The Bertz CT molecular complexity index is 879. The molecule has 0 radical (unpaired) electrons. The van der Waals surface area contributed by atoms with Gasteiger partial charge in [0.2, 0.25) is 0 Å². The molecule has 25 heavy (non-hydrogen) atoms. The number of thiazole rings is 1. The van der Waals surface area contributed by atoms with Crippen LogP contribution >= 0.6 is 11.3 Å². The maximum atomic E-state index is 12.1. The zero-order chi connectivity index (χ0) is 18.0. The highest BCUT2D eigenvalue weighted by atomic mass is 32.1. The van der Waals surface area contributed by atoms with E-state index in [1.807, 2.05) is 6.07 Å². The maximum absolute atomic E-state index is 12.1. The normalized spacial score (nSPS) is 14.6. The average Bonchev–Trinajstić information content (AvgIpc) is 3.40. The average molecular weight is 364 g/mol. The molecule has 1 amide bonds. The van der Waals surface area contributed by atoms with Gasteiger partial charge in [-0.05, 0) is 19.8 Å². The number of hydrogen-bond acceptors (Lipinski definition) is 6. The molecular weight excluding hydrogens is 344 g/mol. The maximum Gasteiger partial charge on any atom is 0.326 e. The number of methoxy groups -OCH3 is 2. The first kappa shape index (κ1) is 17.5. The number of benzene rings is 1. The number of carbonyl (C=O) groups is 2. The molecule has 0 aliphatic heterocycles. The number of carbonyl (C=O) groups excluding carboxylic acids is 2. The predicted molar refractivity (Wildman–Crippen MR) is 92.8 cm³/mol. The lowest BCUT2D eigenvalue weighted by Crippen LogP contribution is -2.23. The van der Waals surface area contributed by atoms with E-state index >= 15 is 0 Å². The Morgan fingerprint density at radius 2 is 1.92 bits per heavy atom. The van der Waals surface area contributed by atoms with Gasteiger partial charge in [-0.15, -0.1) is 0 Å². The van der Waals surface area contributed by atoms with Crippen molar-refractivity contribution in [3.63, 3.8) is 0 Å². The molecule has 0 N–H and O–H groups in total. The van der Waals surface area contributed by atoms with Crippen LogP contribution in [0.1, 0.15) is 19.8 Å². The molecule has 1 aliphatic rings. The van der Waals surface area contributed by atoms with Gasteiger partial charge in [0, 0.05) is 18.1 Å². The molecule has 2 aromatic rings. The number of aromatic nitrogens is 1. The SMILES string of the molecule is CCOC(=O)Cn1c(=NC(=O)C2CC2)sc2cc(OC)c(OC)cc21. The standard InChI is InChI=1S/C17H20N2O5S/c1-4-24-15(20)9-19-11-7-12(22-2)13(23-3)8-14(11)25-17(19)18-16(21)10-5-6-10/h7-8,10H,4-6,9H2,1-3H3. The Hall–Kier alpha value is -2.35. The van der Waals surface area contributed by atoms with Crippen LogP contribution in [-0.4, -0.2) is 37.3 Å². The fourth-order valence-corrected chi connectivity index (χ4v) is 3.53. The highest BCUT2D eigenvalue weighted by molar-refractivity contribution is 7.16. The number of ether oxygens (including phenoxy) is 3. The molecule has 1 saturated carbocycles. The monoisotopic (exact) mass is 364 g/mol. The van der Waals surface area contributed by atoms with Crippen molar-refractivity contribution in [2.24, 2.45) is 10.9 Å². The van der Waals surface area contributed by atoms with E-state index in [1.165, 1.54) is 11.3 Å². The summed E-state index contributed by atoms with van der Waals surface area (Å²) in [4.78, 5) is 28.8. The van der Waals surface area contributed by atoms with Crippen LogP contribution in [0.3, 0.4) is 0 Å². The van der Waals surface area contributed by atoms with E-state index in [0.717, 1.165) is 23.1 Å². The van der Waals surface area contributed by atoms with Gasteiger partial charge in [0.15, 0.2) is 16.3 Å². The zero-order valence-electron chi connectivity index (χ0n) is 14.4. The van der Waals surface area contributed by atoms with Crippen molar-refractivity contribution in [1.29, 1.82) is 0 Å². The van der Waals surface area contributed by atoms with Crippen LogP contribution in [0, 0.1) is 5.92 Å². The molecule has 1 aromatic carbocycles. The van der Waals surface area contributed by atoms with Crippen LogP contribution in [-0.2, 0) is 20.9 Å². The summed E-state index contributed by atoms with van der Waals surface area (Å²) in [6.45, 7) is 2.04. The quantitative estimate of drug-likeness (QED) is 0.734. The van der Waals surface area contributed by atoms with Crippen molar-refractivity contribution >= 4 is 33.4 Å². The van der Waals surface area contributed by atoms with Crippen molar-refractivity contribution in [2.45, 2.75) is 26.3 Å². The summed E-state index contributed by atoms with van der Waals surface area (Å²) in [6, 6.07) is 3.60. The zero-order valence-corrected chi connectivity index (χ0v) is 15.2. The minimum absolute atomic E-state index is 0.0138. The summed E-state index contributed by atoms with van der Waals surface area (Å²) in [7, 11) is 3.11. The van der Waals surface area contributed by atoms with Crippen LogP contribution in [0.4, 0.5) is 0 Å². The Morgan fingerprint density at radius 3 is 2.52 bits per heavy atom. The largest absolute Gasteiger partial charge is 0.493 e. The minimum atomic E-state index is -0.377. The molecular formula is C17H20N2O5S. The third-order valence-corrected chi connectivity index (χ3v) is 4.95. The molecule has 0 spiro atoms. The molecule has 1 aliphatic carbocycles. The molecule has 3 rings (SSSR count). The van der Waals surface area contributed by atoms with Crippen molar-refractivity contribution in [1.82, 2.24) is 4.57 Å². The van der Waals surface area contributed by atoms with Gasteiger partial charge in [-0.3, -0.25) is 9.59 Å². The van der Waals surface area contributed by atoms with E-state index in [9.17, 15) is 9.59 Å². The molecule has 0 atom stereocenters. The molecule has 0 unspecified atom stereocenters. The summed E-state index contributed by atoms with van der Waals surface area (Å²) in [5.74, 6) is 0.635. The second-order valence-corrected chi connectivity index (χ2v) is 6.68. The number of esters is 1. The summed E-state index contributed by atoms with van der Waals surface area (Å²) in [5.41, 5.74) is 0.748. The predicted octanol–water partition coefficient (Wildman–Crippen LogP) is 2.12. The minimum Gasteiger partial charge on any atom is -0.493 e. The van der Waals surface area contributed by atoms with Crippen molar-refractivity contribution < 1.29 is 23.8 Å². The van der Waals surface area contributed by atoms with E-state index < -0.39 is 0 Å². The summed E-state index contributed by atoms with van der Waals surface area (Å²) >= 11 is 1.34. The van der Waals surface area contributed by atoms with Crippen LogP contribution in [0.2, 0.25) is 0 Å². The molecule has 1 aromatic heterocycles. The Balaban J connectivity index is 2.14. The molecule has 0 bridgehead atoms. The van der Waals surface area contributed by atoms with Crippen molar-refractivity contribution in [3.8, 4) is 11.5 Å². The topological polar surface area (TPSA) is 79.1 Å². The number of hydrogen-bond donors (Lipinski definition) is 0. The van der Waals surface area contributed by atoms with Crippen LogP contribution in [0.15, 0.2) is 17.1 Å². The van der Waals surface area contributed by atoms with E-state index in [-0.39, 0.29) is 24.3 Å². The highest BCUT2D eigenvalue weighted by Crippen LogP contribution is 2.34. The van der Waals surface area contributed by atoms with E-state index in [0.29, 0.717) is 22.9 Å². The first-order chi connectivity index (χ1) is 12.1. The van der Waals surface area contributed by atoms with Gasteiger partial charge < -0.3 is 18.8 Å². The fraction of sp³-hybridized carbons (Fsp3) is 0.471. The second-order valence-electron chi connectivity index (χ2n) is 5.68. The first-order valence-corrected chi connectivity index (χ1v) is 8.88. The Labute approximate surface area is 148 Å². The number of amides is 1. The van der Waals surface area contributed by atoms with Gasteiger partial charge in [-0.25, -0.2) is 0 Å². The number of fused-ring (bicyclic) bond motifs is 1. The molecule has 7 nitrogen and oxygen atoms in total. The summed E-state index contributed by atoms with van der Waals surface area (Å²) < 4.78 is 18.3. The first-order valence-electron chi connectivity index (χ1n) is 8.07. The van der Waals surface area contributed by atoms with Gasteiger partial charge in [0.1, 0.15) is 6.54 Å². The number of nitrogens with zero attached hydrogens (tertiary/aromatic N) is 2. The third kappa shape index (κ3) is 3.68.